The van der Waals surface area contributed by atoms with Crippen molar-refractivity contribution in [2.45, 2.75) is 12.2 Å². The molecule has 2 atom stereocenters. The van der Waals surface area contributed by atoms with Crippen molar-refractivity contribution in [3.63, 3.8) is 0 Å². The van der Waals surface area contributed by atoms with Gasteiger partial charge >= 0.3 is 12.0 Å². The molecular formula is C3HNO4. The highest BCUT2D eigenvalue weighted by atomic mass is 17.1. The Balaban J connectivity index is 2.12. The summed E-state index contributed by atoms with van der Waals surface area (Å²) in [5, 5.41) is 1.08. The maximum Gasteiger partial charge on any atom is 0.441 e. The summed E-state index contributed by atoms with van der Waals surface area (Å²) >= 11 is 0. The lowest BCUT2D eigenvalue weighted by Crippen LogP contribution is -2.08. The van der Waals surface area contributed by atoms with Gasteiger partial charge in [0.1, 0.15) is 0 Å². The van der Waals surface area contributed by atoms with Gasteiger partial charge in [-0.3, -0.25) is 4.74 Å². The van der Waals surface area contributed by atoms with Crippen molar-refractivity contribution in [2.75, 3.05) is 0 Å². The predicted octanol–water partition coefficient (Wildman–Crippen LogP) is -0.606. The second-order valence-corrected chi connectivity index (χ2v) is 1.85. The molecule has 1 spiro atoms. The minimum Gasteiger partial charge on any atom is -0.409 e. The van der Waals surface area contributed by atoms with E-state index in [0.29, 0.717) is 0 Å². The van der Waals surface area contributed by atoms with Gasteiger partial charge in [0.15, 0.2) is 0 Å². The maximum atomic E-state index is 10.4. The van der Waals surface area contributed by atoms with E-state index in [1.54, 1.807) is 0 Å². The van der Waals surface area contributed by atoms with Crippen LogP contribution in [0.2, 0.25) is 0 Å². The van der Waals surface area contributed by atoms with Crippen molar-refractivity contribution < 1.29 is 19.1 Å². The zero-order valence-corrected chi connectivity index (χ0v) is 3.66. The Hall–Kier alpha value is -0.810. The van der Waals surface area contributed by atoms with E-state index in [1.165, 1.54) is 0 Å². The highest BCUT2D eigenvalue weighted by molar-refractivity contribution is 5.73. The van der Waals surface area contributed by atoms with E-state index in [2.05, 4.69) is 9.57 Å². The van der Waals surface area contributed by atoms with Crippen LogP contribution in [0.3, 0.4) is 0 Å². The lowest BCUT2D eigenvalue weighted by molar-refractivity contribution is 0.0543. The number of carbonyl (C=O) groups excluding carboxylic acids is 1. The number of ether oxygens (including phenoxy) is 2. The van der Waals surface area contributed by atoms with Gasteiger partial charge in [-0.2, -0.15) is 4.84 Å². The maximum absolute atomic E-state index is 10.4. The third-order valence-electron chi connectivity index (χ3n) is 1.36. The summed E-state index contributed by atoms with van der Waals surface area (Å²) in [6.07, 6.45) is -0.878. The summed E-state index contributed by atoms with van der Waals surface area (Å²) in [5.74, 6) is -0.739. The molecule has 0 aromatic carbocycles. The third-order valence-corrected chi connectivity index (χ3v) is 1.36. The quantitative estimate of drug-likeness (QED) is 0.395. The topological polar surface area (TPSA) is 54.4 Å². The van der Waals surface area contributed by atoms with Crippen LogP contribution in [0.25, 0.3) is 0 Å². The molecule has 8 heavy (non-hydrogen) atoms. The van der Waals surface area contributed by atoms with Crippen molar-refractivity contribution in [2.24, 2.45) is 0 Å². The molecule has 42 valence electrons. The Bertz CT molecular complexity index is 192. The van der Waals surface area contributed by atoms with E-state index in [-0.39, 0.29) is 0 Å². The number of rotatable bonds is 0. The summed E-state index contributed by atoms with van der Waals surface area (Å²) in [4.78, 5) is 15.0. The molecule has 0 N–H and O–H groups in total. The van der Waals surface area contributed by atoms with Crippen LogP contribution in [0.5, 0.6) is 0 Å². The number of hydrogen-bond donors (Lipinski definition) is 0. The summed E-state index contributed by atoms with van der Waals surface area (Å²) in [6, 6.07) is 0. The Morgan fingerprint density at radius 1 is 1.75 bits per heavy atom. The standard InChI is InChI=1S/C3HNO4/c5-2-4-3(8-4)1(6-2)7-3/h1H. The van der Waals surface area contributed by atoms with Gasteiger partial charge in [0.05, 0.1) is 0 Å². The first-order valence-electron chi connectivity index (χ1n) is 2.21. The number of nitrogens with zero attached hydrogens (tertiary/aromatic N) is 1. The van der Waals surface area contributed by atoms with Crippen LogP contribution in [0.15, 0.2) is 0 Å². The molecule has 3 fully saturated rings. The van der Waals surface area contributed by atoms with Crippen molar-refractivity contribution >= 4 is 6.09 Å². The summed E-state index contributed by atoms with van der Waals surface area (Å²) in [7, 11) is 0. The molecule has 0 saturated carbocycles. The Morgan fingerprint density at radius 3 is 2.88 bits per heavy atom. The van der Waals surface area contributed by atoms with E-state index in [1.807, 2.05) is 0 Å². The van der Waals surface area contributed by atoms with Crippen LogP contribution in [0.1, 0.15) is 0 Å². The van der Waals surface area contributed by atoms with Crippen LogP contribution in [0.4, 0.5) is 4.79 Å². The minimum absolute atomic E-state index is 0.435. The molecule has 0 aromatic heterocycles. The van der Waals surface area contributed by atoms with E-state index in [0.717, 1.165) is 5.06 Å². The SMILES string of the molecule is O=C1OC2OC23ON13. The number of carbonyl (C=O) groups is 1. The molecule has 2 unspecified atom stereocenters. The van der Waals surface area contributed by atoms with Crippen molar-refractivity contribution in [1.29, 1.82) is 0 Å². The third kappa shape index (κ3) is 0.144. The normalized spacial score (nSPS) is 54.8. The van der Waals surface area contributed by atoms with Gasteiger partial charge < -0.3 is 4.74 Å². The van der Waals surface area contributed by atoms with E-state index < -0.39 is 18.3 Å². The first kappa shape index (κ1) is 3.26. The first-order valence-corrected chi connectivity index (χ1v) is 2.21. The molecule has 0 aromatic rings. The van der Waals surface area contributed by atoms with E-state index >= 15 is 0 Å². The minimum atomic E-state index is -0.739. The molecule has 5 nitrogen and oxygen atoms in total. The molecule has 0 bridgehead atoms. The second-order valence-electron chi connectivity index (χ2n) is 1.85. The van der Waals surface area contributed by atoms with Gasteiger partial charge in [0, 0.05) is 0 Å². The average Bonchev–Trinajstić information content (AvgIpc) is 2.51. The van der Waals surface area contributed by atoms with Crippen LogP contribution < -0.4 is 0 Å². The monoisotopic (exact) mass is 115 g/mol. The Kier molecular flexibility index (Phi) is 0.230. The van der Waals surface area contributed by atoms with Crippen LogP contribution in [0, 0.1) is 0 Å². The second kappa shape index (κ2) is 0.564. The van der Waals surface area contributed by atoms with Crippen molar-refractivity contribution in [1.82, 2.24) is 5.06 Å². The van der Waals surface area contributed by atoms with E-state index in [9.17, 15) is 4.79 Å². The van der Waals surface area contributed by atoms with Gasteiger partial charge in [-0.15, -0.1) is 5.06 Å². The van der Waals surface area contributed by atoms with Gasteiger partial charge in [0.2, 0.25) is 0 Å². The summed E-state index contributed by atoms with van der Waals surface area (Å²) < 4.78 is 9.27. The highest BCUT2D eigenvalue weighted by Gasteiger charge is 2.88. The molecule has 5 heteroatoms. The van der Waals surface area contributed by atoms with Crippen molar-refractivity contribution in [3.8, 4) is 0 Å². The molecular weight excluding hydrogens is 114 g/mol. The Morgan fingerprint density at radius 2 is 2.62 bits per heavy atom. The zero-order valence-electron chi connectivity index (χ0n) is 3.66. The van der Waals surface area contributed by atoms with Gasteiger partial charge in [-0.1, -0.05) is 0 Å². The average molecular weight is 115 g/mol. The zero-order chi connectivity index (χ0) is 5.35. The molecule has 3 saturated heterocycles. The highest BCUT2D eigenvalue weighted by Crippen LogP contribution is 2.59. The van der Waals surface area contributed by atoms with Crippen LogP contribution in [-0.4, -0.2) is 23.4 Å². The first-order chi connectivity index (χ1) is 3.83. The predicted molar refractivity (Wildman–Crippen MR) is 17.0 cm³/mol. The van der Waals surface area contributed by atoms with Gasteiger partial charge in [-0.25, -0.2) is 4.79 Å². The molecule has 3 heterocycles. The number of hydrogen-bond acceptors (Lipinski definition) is 4. The molecule has 3 aliphatic heterocycles. The fourth-order valence-corrected chi connectivity index (χ4v) is 0.840. The molecule has 3 rings (SSSR count). The largest absolute Gasteiger partial charge is 0.441 e. The van der Waals surface area contributed by atoms with Gasteiger partial charge in [-0.05, 0) is 0 Å². The fourth-order valence-electron chi connectivity index (χ4n) is 0.840. The fraction of sp³-hybridized carbons (Fsp3) is 0.667. The summed E-state index contributed by atoms with van der Waals surface area (Å²) in [5.41, 5.74) is 0. The molecule has 0 radical (unpaired) electrons. The molecule has 0 aliphatic carbocycles. The van der Waals surface area contributed by atoms with Crippen molar-refractivity contribution in [3.05, 3.63) is 0 Å². The lowest BCUT2D eigenvalue weighted by Gasteiger charge is -1.89. The number of epoxide rings is 1. The molecule has 3 aliphatic rings. The summed E-state index contributed by atoms with van der Waals surface area (Å²) in [6.45, 7) is 0. The smallest absolute Gasteiger partial charge is 0.409 e. The van der Waals surface area contributed by atoms with Crippen LogP contribution in [-0.2, 0) is 14.3 Å². The number of amides is 1. The van der Waals surface area contributed by atoms with Crippen LogP contribution >= 0.6 is 0 Å². The molecule has 1 amide bonds. The van der Waals surface area contributed by atoms with E-state index in [4.69, 9.17) is 4.74 Å². The Labute approximate surface area is 43.7 Å². The number of hydroxylamine groups is 2. The lowest BCUT2D eigenvalue weighted by atomic mass is 10.7. The van der Waals surface area contributed by atoms with Gasteiger partial charge in [0.25, 0.3) is 6.29 Å².